The summed E-state index contributed by atoms with van der Waals surface area (Å²) in [5, 5.41) is 2.48. The summed E-state index contributed by atoms with van der Waals surface area (Å²) in [5.41, 5.74) is -0.0785. The topological polar surface area (TPSA) is 12.0 Å². The van der Waals surface area contributed by atoms with Crippen molar-refractivity contribution in [3.63, 3.8) is 0 Å². The molecule has 0 heterocycles. The fraction of sp³-hybridized carbons (Fsp3) is 0.0769. The van der Waals surface area contributed by atoms with Gasteiger partial charge in [0.2, 0.25) is 0 Å². The fourth-order valence-corrected chi connectivity index (χ4v) is 1.54. The van der Waals surface area contributed by atoms with Crippen molar-refractivity contribution in [2.75, 3.05) is 5.32 Å². The van der Waals surface area contributed by atoms with Gasteiger partial charge in [0, 0.05) is 29.9 Å². The zero-order chi connectivity index (χ0) is 14.0. The van der Waals surface area contributed by atoms with Gasteiger partial charge in [-0.15, -0.1) is 0 Å². The van der Waals surface area contributed by atoms with Crippen LogP contribution < -0.4 is 5.32 Å². The normalized spacial score (nSPS) is 10.6. The molecule has 0 unspecified atom stereocenters. The highest BCUT2D eigenvalue weighted by Gasteiger charge is 2.11. The summed E-state index contributed by atoms with van der Waals surface area (Å²) in [5.74, 6) is -6.36. The number of hydrogen-bond donors (Lipinski definition) is 1. The lowest BCUT2D eigenvalue weighted by molar-refractivity contribution is 0.447. The molecule has 6 heteroatoms. The predicted molar refractivity (Wildman–Crippen MR) is 60.0 cm³/mol. The van der Waals surface area contributed by atoms with Gasteiger partial charge in [-0.25, -0.2) is 22.0 Å². The zero-order valence-corrected chi connectivity index (χ0v) is 9.48. The van der Waals surface area contributed by atoms with E-state index in [-0.39, 0.29) is 17.8 Å². The summed E-state index contributed by atoms with van der Waals surface area (Å²) < 4.78 is 64.8. The molecule has 0 aliphatic carbocycles. The average molecular weight is 273 g/mol. The van der Waals surface area contributed by atoms with Gasteiger partial charge in [0.05, 0.1) is 0 Å². The van der Waals surface area contributed by atoms with Crippen molar-refractivity contribution >= 4 is 5.69 Å². The Morgan fingerprint density at radius 3 is 2.05 bits per heavy atom. The highest BCUT2D eigenvalue weighted by atomic mass is 19.2. The Morgan fingerprint density at radius 2 is 1.42 bits per heavy atom. The lowest BCUT2D eigenvalue weighted by Crippen LogP contribution is -2.04. The van der Waals surface area contributed by atoms with E-state index >= 15 is 0 Å². The molecule has 0 fully saturated rings. The van der Waals surface area contributed by atoms with E-state index in [2.05, 4.69) is 5.32 Å². The SMILES string of the molecule is Fc1cc(NCc2cccc(F)c2F)cc(F)c1F. The molecule has 0 aliphatic heterocycles. The van der Waals surface area contributed by atoms with Crippen LogP contribution in [0.25, 0.3) is 0 Å². The fourth-order valence-electron chi connectivity index (χ4n) is 1.54. The van der Waals surface area contributed by atoms with Gasteiger partial charge < -0.3 is 5.32 Å². The maximum absolute atomic E-state index is 13.3. The molecule has 2 aromatic rings. The van der Waals surface area contributed by atoms with Crippen molar-refractivity contribution in [2.45, 2.75) is 6.54 Å². The van der Waals surface area contributed by atoms with Crippen LogP contribution in [0.15, 0.2) is 30.3 Å². The molecule has 0 aromatic heterocycles. The summed E-state index contributed by atoms with van der Waals surface area (Å²) in [4.78, 5) is 0. The number of benzene rings is 2. The van der Waals surface area contributed by atoms with E-state index in [1.807, 2.05) is 0 Å². The van der Waals surface area contributed by atoms with Gasteiger partial charge in [-0.2, -0.15) is 0 Å². The number of rotatable bonds is 3. The lowest BCUT2D eigenvalue weighted by Gasteiger charge is -2.08. The first-order chi connectivity index (χ1) is 8.99. The average Bonchev–Trinajstić information content (AvgIpc) is 2.37. The Labute approximate surface area is 105 Å². The van der Waals surface area contributed by atoms with Gasteiger partial charge >= 0.3 is 0 Å². The standard InChI is InChI=1S/C13H8F5N/c14-9-3-1-2-7(12(9)17)6-19-8-4-10(15)13(18)11(16)5-8/h1-5,19H,6H2. The van der Waals surface area contributed by atoms with E-state index in [1.165, 1.54) is 12.1 Å². The van der Waals surface area contributed by atoms with Crippen molar-refractivity contribution in [3.05, 3.63) is 65.0 Å². The number of halogens is 5. The molecule has 0 saturated carbocycles. The van der Waals surface area contributed by atoms with Crippen molar-refractivity contribution in [3.8, 4) is 0 Å². The molecule has 2 aromatic carbocycles. The monoisotopic (exact) mass is 273 g/mol. The van der Waals surface area contributed by atoms with Gasteiger partial charge in [0.25, 0.3) is 0 Å². The molecule has 19 heavy (non-hydrogen) atoms. The maximum Gasteiger partial charge on any atom is 0.194 e. The van der Waals surface area contributed by atoms with Crippen molar-refractivity contribution in [1.82, 2.24) is 0 Å². The first kappa shape index (κ1) is 13.3. The second-order valence-electron chi connectivity index (χ2n) is 3.82. The largest absolute Gasteiger partial charge is 0.381 e. The third kappa shape index (κ3) is 2.83. The molecular formula is C13H8F5N. The van der Waals surface area contributed by atoms with E-state index in [0.717, 1.165) is 18.2 Å². The van der Waals surface area contributed by atoms with Crippen LogP contribution in [0.5, 0.6) is 0 Å². The first-order valence-corrected chi connectivity index (χ1v) is 5.30. The van der Waals surface area contributed by atoms with Crippen molar-refractivity contribution < 1.29 is 22.0 Å². The molecule has 100 valence electrons. The van der Waals surface area contributed by atoms with Crippen LogP contribution in [-0.4, -0.2) is 0 Å². The highest BCUT2D eigenvalue weighted by Crippen LogP contribution is 2.19. The Hall–Kier alpha value is -2.11. The molecule has 1 N–H and O–H groups in total. The van der Waals surface area contributed by atoms with Crippen LogP contribution in [0, 0.1) is 29.1 Å². The van der Waals surface area contributed by atoms with E-state index in [4.69, 9.17) is 0 Å². The molecule has 0 spiro atoms. The lowest BCUT2D eigenvalue weighted by atomic mass is 10.2. The molecule has 1 nitrogen and oxygen atoms in total. The van der Waals surface area contributed by atoms with Gasteiger partial charge in [-0.3, -0.25) is 0 Å². The summed E-state index contributed by atoms with van der Waals surface area (Å²) in [6, 6.07) is 5.05. The minimum Gasteiger partial charge on any atom is -0.381 e. The van der Waals surface area contributed by atoms with Crippen LogP contribution in [0.2, 0.25) is 0 Å². The third-order valence-corrected chi connectivity index (χ3v) is 2.50. The van der Waals surface area contributed by atoms with Crippen LogP contribution in [0.1, 0.15) is 5.56 Å². The van der Waals surface area contributed by atoms with Crippen LogP contribution in [-0.2, 0) is 6.54 Å². The van der Waals surface area contributed by atoms with Crippen LogP contribution in [0.4, 0.5) is 27.6 Å². The summed E-state index contributed by atoms with van der Waals surface area (Å²) in [6.45, 7) is -0.186. The highest BCUT2D eigenvalue weighted by molar-refractivity contribution is 5.44. The molecule has 0 amide bonds. The molecule has 0 saturated heterocycles. The second kappa shape index (κ2) is 5.26. The van der Waals surface area contributed by atoms with Crippen molar-refractivity contribution in [2.24, 2.45) is 0 Å². The Morgan fingerprint density at radius 1 is 0.789 bits per heavy atom. The zero-order valence-electron chi connectivity index (χ0n) is 9.48. The molecule has 0 aliphatic rings. The summed E-state index contributed by atoms with van der Waals surface area (Å²) in [7, 11) is 0. The molecule has 0 atom stereocenters. The Balaban J connectivity index is 2.17. The molecule has 2 rings (SSSR count). The van der Waals surface area contributed by atoms with Gasteiger partial charge in [0.15, 0.2) is 29.1 Å². The molecule has 0 radical (unpaired) electrons. The quantitative estimate of drug-likeness (QED) is 0.658. The second-order valence-corrected chi connectivity index (χ2v) is 3.82. The number of anilines is 1. The number of hydrogen-bond acceptors (Lipinski definition) is 1. The Kier molecular flexibility index (Phi) is 3.69. The smallest absolute Gasteiger partial charge is 0.194 e. The predicted octanol–water partition coefficient (Wildman–Crippen LogP) is 3.99. The van der Waals surface area contributed by atoms with E-state index < -0.39 is 29.1 Å². The van der Waals surface area contributed by atoms with E-state index in [0.29, 0.717) is 0 Å². The van der Waals surface area contributed by atoms with Gasteiger partial charge in [-0.1, -0.05) is 12.1 Å². The van der Waals surface area contributed by atoms with Crippen LogP contribution >= 0.6 is 0 Å². The number of nitrogens with one attached hydrogen (secondary N) is 1. The maximum atomic E-state index is 13.3. The minimum atomic E-state index is -1.58. The third-order valence-electron chi connectivity index (χ3n) is 2.50. The van der Waals surface area contributed by atoms with E-state index in [1.54, 1.807) is 0 Å². The van der Waals surface area contributed by atoms with Crippen molar-refractivity contribution in [1.29, 1.82) is 0 Å². The molecular weight excluding hydrogens is 265 g/mol. The van der Waals surface area contributed by atoms with Gasteiger partial charge in [-0.05, 0) is 6.07 Å². The summed E-state index contributed by atoms with van der Waals surface area (Å²) in [6.07, 6.45) is 0. The summed E-state index contributed by atoms with van der Waals surface area (Å²) >= 11 is 0. The minimum absolute atomic E-state index is 0.00913. The van der Waals surface area contributed by atoms with Crippen LogP contribution in [0.3, 0.4) is 0 Å². The first-order valence-electron chi connectivity index (χ1n) is 5.30. The molecule has 0 bridgehead atoms. The Bertz CT molecular complexity index is 589. The van der Waals surface area contributed by atoms with E-state index in [9.17, 15) is 22.0 Å². The van der Waals surface area contributed by atoms with Gasteiger partial charge in [0.1, 0.15) is 0 Å².